The number of nitrogens with zero attached hydrogens (tertiary/aromatic N) is 3. The molecule has 1 atom stereocenters. The Kier molecular flexibility index (Phi) is 5.43. The van der Waals surface area contributed by atoms with Gasteiger partial charge in [-0.05, 0) is 25.0 Å². The van der Waals surface area contributed by atoms with Gasteiger partial charge in [0, 0.05) is 25.5 Å². The molecule has 7 nitrogen and oxygen atoms in total. The van der Waals surface area contributed by atoms with E-state index in [0.29, 0.717) is 32.2 Å². The first-order chi connectivity index (χ1) is 12.0. The number of carbonyl (C=O) groups excluding carboxylic acids is 1. The van der Waals surface area contributed by atoms with Crippen LogP contribution < -0.4 is 5.32 Å². The number of imidazole rings is 1. The minimum Gasteiger partial charge on any atom is -0.464 e. The Labute approximate surface area is 148 Å². The fraction of sp³-hybridized carbons (Fsp3) is 0.556. The van der Waals surface area contributed by atoms with Gasteiger partial charge in [-0.3, -0.25) is 0 Å². The van der Waals surface area contributed by atoms with Crippen LogP contribution in [0, 0.1) is 12.8 Å². The second-order valence-corrected chi connectivity index (χ2v) is 6.78. The van der Waals surface area contributed by atoms with E-state index in [1.165, 1.54) is 0 Å². The van der Waals surface area contributed by atoms with Crippen molar-refractivity contribution >= 4 is 6.03 Å². The van der Waals surface area contributed by atoms with Gasteiger partial charge in [-0.1, -0.05) is 13.8 Å². The molecule has 25 heavy (non-hydrogen) atoms. The number of nitrogens with one attached hydrogen (secondary N) is 1. The van der Waals surface area contributed by atoms with E-state index in [4.69, 9.17) is 9.15 Å². The predicted octanol–water partition coefficient (Wildman–Crippen LogP) is 2.72. The van der Waals surface area contributed by atoms with Gasteiger partial charge in [0.25, 0.3) is 0 Å². The Morgan fingerprint density at radius 3 is 3.00 bits per heavy atom. The zero-order valence-electron chi connectivity index (χ0n) is 15.1. The quantitative estimate of drug-likeness (QED) is 0.903. The summed E-state index contributed by atoms with van der Waals surface area (Å²) >= 11 is 0. The SMILES string of the molecule is Cc1ccc([C@@H]2COCCN2C(=O)NCc2nccn2CC(C)C)o1. The van der Waals surface area contributed by atoms with E-state index >= 15 is 0 Å². The molecule has 1 aliphatic heterocycles. The number of rotatable bonds is 5. The molecule has 0 aliphatic carbocycles. The highest BCUT2D eigenvalue weighted by atomic mass is 16.5. The Bertz CT molecular complexity index is 707. The number of carbonyl (C=O) groups is 1. The van der Waals surface area contributed by atoms with E-state index in [0.717, 1.165) is 23.9 Å². The van der Waals surface area contributed by atoms with E-state index in [1.807, 2.05) is 25.3 Å². The molecule has 136 valence electrons. The molecule has 0 bridgehead atoms. The number of aryl methyl sites for hydroxylation is 1. The van der Waals surface area contributed by atoms with Crippen molar-refractivity contribution in [3.63, 3.8) is 0 Å². The fourth-order valence-corrected chi connectivity index (χ4v) is 3.04. The molecule has 2 aromatic heterocycles. The van der Waals surface area contributed by atoms with Gasteiger partial charge in [0.1, 0.15) is 23.4 Å². The minimum absolute atomic E-state index is 0.124. The van der Waals surface area contributed by atoms with Crippen molar-refractivity contribution in [2.45, 2.75) is 39.9 Å². The van der Waals surface area contributed by atoms with Gasteiger partial charge >= 0.3 is 6.03 Å². The van der Waals surface area contributed by atoms with Gasteiger partial charge in [-0.25, -0.2) is 9.78 Å². The highest BCUT2D eigenvalue weighted by Gasteiger charge is 2.30. The van der Waals surface area contributed by atoms with E-state index in [1.54, 1.807) is 11.1 Å². The van der Waals surface area contributed by atoms with Crippen LogP contribution in [0.1, 0.15) is 37.2 Å². The summed E-state index contributed by atoms with van der Waals surface area (Å²) in [4.78, 5) is 18.8. The van der Waals surface area contributed by atoms with E-state index in [2.05, 4.69) is 28.7 Å². The summed E-state index contributed by atoms with van der Waals surface area (Å²) < 4.78 is 13.3. The van der Waals surface area contributed by atoms with Crippen LogP contribution in [0.5, 0.6) is 0 Å². The summed E-state index contributed by atoms with van der Waals surface area (Å²) in [5.74, 6) is 2.97. The zero-order chi connectivity index (χ0) is 17.8. The predicted molar refractivity (Wildman–Crippen MR) is 93.0 cm³/mol. The van der Waals surface area contributed by atoms with Gasteiger partial charge in [-0.15, -0.1) is 0 Å². The summed E-state index contributed by atoms with van der Waals surface area (Å²) in [6, 6.07) is 3.49. The smallest absolute Gasteiger partial charge is 0.318 e. The van der Waals surface area contributed by atoms with Crippen LogP contribution in [0.25, 0.3) is 0 Å². The van der Waals surface area contributed by atoms with Crippen LogP contribution in [0.3, 0.4) is 0 Å². The van der Waals surface area contributed by atoms with Crippen molar-refractivity contribution in [3.05, 3.63) is 41.9 Å². The van der Waals surface area contributed by atoms with Crippen LogP contribution in [-0.4, -0.2) is 40.2 Å². The molecule has 0 saturated carbocycles. The minimum atomic E-state index is -0.196. The third kappa shape index (κ3) is 4.22. The normalized spacial score (nSPS) is 17.9. The molecule has 0 spiro atoms. The molecule has 2 aromatic rings. The molecule has 1 N–H and O–H groups in total. The monoisotopic (exact) mass is 346 g/mol. The van der Waals surface area contributed by atoms with Crippen LogP contribution in [0.4, 0.5) is 4.79 Å². The lowest BCUT2D eigenvalue weighted by Gasteiger charge is -2.34. The largest absolute Gasteiger partial charge is 0.464 e. The van der Waals surface area contributed by atoms with E-state index in [-0.39, 0.29) is 12.1 Å². The summed E-state index contributed by atoms with van der Waals surface area (Å²) in [6.07, 6.45) is 3.72. The first-order valence-electron chi connectivity index (χ1n) is 8.73. The van der Waals surface area contributed by atoms with Gasteiger partial charge in [0.15, 0.2) is 0 Å². The maximum atomic E-state index is 12.7. The van der Waals surface area contributed by atoms with Crippen LogP contribution >= 0.6 is 0 Å². The van der Waals surface area contributed by atoms with Crippen LogP contribution in [0.15, 0.2) is 28.9 Å². The summed E-state index contributed by atoms with van der Waals surface area (Å²) in [7, 11) is 0. The molecule has 0 aromatic carbocycles. The lowest BCUT2D eigenvalue weighted by molar-refractivity contribution is 0.00395. The number of urea groups is 1. The molecular formula is C18H26N4O3. The second kappa shape index (κ2) is 7.74. The third-order valence-electron chi connectivity index (χ3n) is 4.24. The average Bonchev–Trinajstić information content (AvgIpc) is 3.21. The fourth-order valence-electron chi connectivity index (χ4n) is 3.04. The molecule has 1 fully saturated rings. The molecule has 1 aliphatic rings. The molecule has 1 saturated heterocycles. The third-order valence-corrected chi connectivity index (χ3v) is 4.24. The van der Waals surface area contributed by atoms with Gasteiger partial charge in [-0.2, -0.15) is 0 Å². The lowest BCUT2D eigenvalue weighted by atomic mass is 10.2. The molecule has 7 heteroatoms. The van der Waals surface area contributed by atoms with Crippen LogP contribution in [-0.2, 0) is 17.8 Å². The van der Waals surface area contributed by atoms with Crippen LogP contribution in [0.2, 0.25) is 0 Å². The first kappa shape index (κ1) is 17.5. The Hall–Kier alpha value is -2.28. The van der Waals surface area contributed by atoms with Crippen molar-refractivity contribution in [2.75, 3.05) is 19.8 Å². The Morgan fingerprint density at radius 1 is 1.44 bits per heavy atom. The number of furan rings is 1. The molecule has 2 amide bonds. The highest BCUT2D eigenvalue weighted by Crippen LogP contribution is 2.25. The molecular weight excluding hydrogens is 320 g/mol. The number of ether oxygens (including phenoxy) is 1. The van der Waals surface area contributed by atoms with Crippen molar-refractivity contribution in [1.82, 2.24) is 19.8 Å². The van der Waals surface area contributed by atoms with Crippen molar-refractivity contribution in [2.24, 2.45) is 5.92 Å². The maximum absolute atomic E-state index is 12.7. The molecule has 3 rings (SSSR count). The molecule has 3 heterocycles. The topological polar surface area (TPSA) is 72.5 Å². The van der Waals surface area contributed by atoms with Crippen molar-refractivity contribution < 1.29 is 13.9 Å². The zero-order valence-corrected chi connectivity index (χ0v) is 15.1. The Morgan fingerprint density at radius 2 is 2.28 bits per heavy atom. The Balaban J connectivity index is 1.64. The van der Waals surface area contributed by atoms with E-state index < -0.39 is 0 Å². The first-order valence-corrected chi connectivity index (χ1v) is 8.73. The summed E-state index contributed by atoms with van der Waals surface area (Å²) in [5, 5.41) is 2.98. The summed E-state index contributed by atoms with van der Waals surface area (Å²) in [5.41, 5.74) is 0. The van der Waals surface area contributed by atoms with Gasteiger partial charge in [0.2, 0.25) is 0 Å². The number of hydrogen-bond acceptors (Lipinski definition) is 4. The number of hydrogen-bond donors (Lipinski definition) is 1. The molecule has 0 radical (unpaired) electrons. The number of aromatic nitrogens is 2. The summed E-state index contributed by atoms with van der Waals surface area (Å²) in [6.45, 7) is 9.02. The standard InChI is InChI=1S/C18H26N4O3/c1-13(2)11-21-7-6-19-17(21)10-20-18(23)22-8-9-24-12-15(22)16-5-4-14(3)25-16/h4-7,13,15H,8-12H2,1-3H3,(H,20,23)/t15-/m0/s1. The van der Waals surface area contributed by atoms with Crippen molar-refractivity contribution in [3.8, 4) is 0 Å². The van der Waals surface area contributed by atoms with Gasteiger partial charge < -0.3 is 23.9 Å². The highest BCUT2D eigenvalue weighted by molar-refractivity contribution is 5.74. The average molecular weight is 346 g/mol. The second-order valence-electron chi connectivity index (χ2n) is 6.78. The number of morpholine rings is 1. The molecule has 0 unspecified atom stereocenters. The number of amides is 2. The van der Waals surface area contributed by atoms with Gasteiger partial charge in [0.05, 0.1) is 19.8 Å². The van der Waals surface area contributed by atoms with E-state index in [9.17, 15) is 4.79 Å². The van der Waals surface area contributed by atoms with Crippen molar-refractivity contribution in [1.29, 1.82) is 0 Å². The lowest BCUT2D eigenvalue weighted by Crippen LogP contribution is -2.48. The maximum Gasteiger partial charge on any atom is 0.318 e.